The van der Waals surface area contributed by atoms with Crippen LogP contribution >= 0.6 is 0 Å². The minimum Gasteiger partial charge on any atom is -0.485 e. The molecular weight excluding hydrogens is 200 g/mol. The van der Waals surface area contributed by atoms with Crippen molar-refractivity contribution in [3.05, 3.63) is 23.8 Å². The molecule has 5 nitrogen and oxygen atoms in total. The lowest BCUT2D eigenvalue weighted by atomic mass is 10.2. The van der Waals surface area contributed by atoms with Crippen LogP contribution in [0.5, 0.6) is 11.5 Å². The second-order valence-electron chi connectivity index (χ2n) is 3.08. The van der Waals surface area contributed by atoms with Gasteiger partial charge in [0, 0.05) is 5.56 Å². The number of fused-ring (bicyclic) bond motifs is 1. The van der Waals surface area contributed by atoms with Gasteiger partial charge in [-0.2, -0.15) is 0 Å². The number of hydrogen-bond acceptors (Lipinski definition) is 4. The summed E-state index contributed by atoms with van der Waals surface area (Å²) in [6.45, 7) is -0.0509. The van der Waals surface area contributed by atoms with Crippen molar-refractivity contribution in [1.82, 2.24) is 0 Å². The molecule has 2 rings (SSSR count). The van der Waals surface area contributed by atoms with E-state index >= 15 is 0 Å². The Morgan fingerprint density at radius 2 is 2.27 bits per heavy atom. The second kappa shape index (κ2) is 3.61. The van der Waals surface area contributed by atoms with Gasteiger partial charge in [0.1, 0.15) is 12.9 Å². The zero-order valence-corrected chi connectivity index (χ0v) is 7.67. The number of carbonyl (C=O) groups is 2. The molecule has 0 bridgehead atoms. The summed E-state index contributed by atoms with van der Waals surface area (Å²) in [7, 11) is 0. The zero-order valence-electron chi connectivity index (χ0n) is 7.67. The van der Waals surface area contributed by atoms with Crippen LogP contribution in [-0.2, 0) is 4.79 Å². The predicted molar refractivity (Wildman–Crippen MR) is 49.4 cm³/mol. The molecule has 78 valence electrons. The molecule has 0 radical (unpaired) electrons. The maximum atomic E-state index is 10.6. The van der Waals surface area contributed by atoms with E-state index in [4.69, 9.17) is 14.6 Å². The Morgan fingerprint density at radius 1 is 1.47 bits per heavy atom. The predicted octanol–water partition coefficient (Wildman–Crippen LogP) is 0.723. The summed E-state index contributed by atoms with van der Waals surface area (Å²) in [5.74, 6) is -0.323. The number of aliphatic carboxylic acids is 1. The first-order valence-corrected chi connectivity index (χ1v) is 4.32. The third kappa shape index (κ3) is 1.76. The van der Waals surface area contributed by atoms with E-state index in [0.717, 1.165) is 0 Å². The Morgan fingerprint density at radius 3 is 2.93 bits per heavy atom. The lowest BCUT2D eigenvalue weighted by Gasteiger charge is -2.23. The van der Waals surface area contributed by atoms with Crippen molar-refractivity contribution in [2.45, 2.75) is 6.10 Å². The van der Waals surface area contributed by atoms with Crippen LogP contribution in [0.4, 0.5) is 0 Å². The Hall–Kier alpha value is -2.04. The highest BCUT2D eigenvalue weighted by Gasteiger charge is 2.26. The van der Waals surface area contributed by atoms with Crippen LogP contribution in [0.15, 0.2) is 18.2 Å². The van der Waals surface area contributed by atoms with E-state index in [1.54, 1.807) is 6.07 Å². The number of carbonyl (C=O) groups excluding carboxylic acids is 1. The molecule has 0 unspecified atom stereocenters. The van der Waals surface area contributed by atoms with E-state index in [-0.39, 0.29) is 6.61 Å². The monoisotopic (exact) mass is 208 g/mol. The molecule has 1 heterocycles. The molecular formula is C10H8O5. The van der Waals surface area contributed by atoms with Crippen LogP contribution in [0.1, 0.15) is 10.4 Å². The fourth-order valence-corrected chi connectivity index (χ4v) is 1.28. The average molecular weight is 208 g/mol. The van der Waals surface area contributed by atoms with Crippen molar-refractivity contribution in [2.75, 3.05) is 6.61 Å². The fourth-order valence-electron chi connectivity index (χ4n) is 1.28. The van der Waals surface area contributed by atoms with Gasteiger partial charge in [-0.15, -0.1) is 0 Å². The van der Waals surface area contributed by atoms with E-state index in [2.05, 4.69) is 0 Å². The van der Waals surface area contributed by atoms with Crippen LogP contribution in [0, 0.1) is 0 Å². The summed E-state index contributed by atoms with van der Waals surface area (Å²) in [5, 5.41) is 8.70. The van der Waals surface area contributed by atoms with E-state index in [9.17, 15) is 9.59 Å². The molecule has 1 aromatic rings. The Kier molecular flexibility index (Phi) is 2.29. The van der Waals surface area contributed by atoms with Gasteiger partial charge in [-0.3, -0.25) is 4.79 Å². The summed E-state index contributed by atoms with van der Waals surface area (Å²) < 4.78 is 10.3. The Balaban J connectivity index is 2.28. The molecule has 0 spiro atoms. The molecule has 15 heavy (non-hydrogen) atoms. The molecule has 0 aliphatic carbocycles. The molecule has 5 heteroatoms. The molecule has 1 N–H and O–H groups in total. The van der Waals surface area contributed by atoms with Gasteiger partial charge >= 0.3 is 5.97 Å². The molecule has 0 saturated carbocycles. The second-order valence-corrected chi connectivity index (χ2v) is 3.08. The third-order valence-corrected chi connectivity index (χ3v) is 2.04. The SMILES string of the molecule is O=Cc1ccc2c(c1)OC[C@@H](C(=O)O)O2. The van der Waals surface area contributed by atoms with Gasteiger partial charge in [-0.1, -0.05) is 0 Å². The maximum Gasteiger partial charge on any atom is 0.348 e. The fraction of sp³-hybridized carbons (Fsp3) is 0.200. The van der Waals surface area contributed by atoms with Gasteiger partial charge in [-0.05, 0) is 18.2 Å². The highest BCUT2D eigenvalue weighted by atomic mass is 16.6. The lowest BCUT2D eigenvalue weighted by Crippen LogP contribution is -2.36. The van der Waals surface area contributed by atoms with Gasteiger partial charge in [-0.25, -0.2) is 4.79 Å². The topological polar surface area (TPSA) is 72.8 Å². The number of carboxylic acid groups (broad SMARTS) is 1. The summed E-state index contributed by atoms with van der Waals surface area (Å²) >= 11 is 0. The minimum atomic E-state index is -1.07. The van der Waals surface area contributed by atoms with Crippen LogP contribution in [0.2, 0.25) is 0 Å². The van der Waals surface area contributed by atoms with E-state index in [1.807, 2.05) is 0 Å². The van der Waals surface area contributed by atoms with Crippen molar-refractivity contribution in [1.29, 1.82) is 0 Å². The van der Waals surface area contributed by atoms with Crippen molar-refractivity contribution >= 4 is 12.3 Å². The molecule has 1 atom stereocenters. The highest BCUT2D eigenvalue weighted by Crippen LogP contribution is 2.32. The van der Waals surface area contributed by atoms with Gasteiger partial charge in [0.05, 0.1) is 0 Å². The third-order valence-electron chi connectivity index (χ3n) is 2.04. The lowest BCUT2D eigenvalue weighted by molar-refractivity contribution is -0.147. The number of carboxylic acids is 1. The highest BCUT2D eigenvalue weighted by molar-refractivity contribution is 5.77. The quantitative estimate of drug-likeness (QED) is 0.725. The van der Waals surface area contributed by atoms with Gasteiger partial charge in [0.25, 0.3) is 0 Å². The van der Waals surface area contributed by atoms with Gasteiger partial charge < -0.3 is 14.6 Å². The van der Waals surface area contributed by atoms with E-state index < -0.39 is 12.1 Å². The van der Waals surface area contributed by atoms with Crippen LogP contribution in [0.3, 0.4) is 0 Å². The van der Waals surface area contributed by atoms with E-state index in [1.165, 1.54) is 12.1 Å². The standard InChI is InChI=1S/C10H8O5/c11-4-6-1-2-7-8(3-6)14-5-9(15-7)10(12)13/h1-4,9H,5H2,(H,12,13)/t9-/m0/s1. The molecule has 0 aromatic heterocycles. The Bertz CT molecular complexity index is 412. The summed E-state index contributed by atoms with van der Waals surface area (Å²) in [6.07, 6.45) is -0.299. The molecule has 1 aliphatic rings. The van der Waals surface area contributed by atoms with Crippen molar-refractivity contribution in [3.63, 3.8) is 0 Å². The van der Waals surface area contributed by atoms with Gasteiger partial charge in [0.15, 0.2) is 11.5 Å². The maximum absolute atomic E-state index is 10.6. The number of ether oxygens (including phenoxy) is 2. The zero-order chi connectivity index (χ0) is 10.8. The first-order chi connectivity index (χ1) is 7.20. The number of hydrogen-bond donors (Lipinski definition) is 1. The first-order valence-electron chi connectivity index (χ1n) is 4.32. The summed E-state index contributed by atoms with van der Waals surface area (Å²) in [4.78, 5) is 21.1. The van der Waals surface area contributed by atoms with Crippen LogP contribution < -0.4 is 9.47 Å². The molecule has 1 aromatic carbocycles. The Labute approximate surface area is 85.2 Å². The summed E-state index contributed by atoms with van der Waals surface area (Å²) in [5.41, 5.74) is 0.464. The summed E-state index contributed by atoms with van der Waals surface area (Å²) in [6, 6.07) is 4.58. The number of rotatable bonds is 2. The molecule has 0 saturated heterocycles. The molecule has 0 fully saturated rings. The molecule has 1 aliphatic heterocycles. The van der Waals surface area contributed by atoms with Crippen molar-refractivity contribution in [3.8, 4) is 11.5 Å². The van der Waals surface area contributed by atoms with E-state index in [0.29, 0.717) is 23.3 Å². The minimum absolute atomic E-state index is 0.0509. The van der Waals surface area contributed by atoms with Gasteiger partial charge in [0.2, 0.25) is 6.10 Å². The van der Waals surface area contributed by atoms with Crippen molar-refractivity contribution < 1.29 is 24.2 Å². The largest absolute Gasteiger partial charge is 0.485 e. The van der Waals surface area contributed by atoms with Crippen LogP contribution in [0.25, 0.3) is 0 Å². The van der Waals surface area contributed by atoms with Crippen LogP contribution in [-0.4, -0.2) is 30.1 Å². The number of aldehydes is 1. The van der Waals surface area contributed by atoms with Crippen molar-refractivity contribution in [2.24, 2.45) is 0 Å². The number of benzene rings is 1. The average Bonchev–Trinajstić information content (AvgIpc) is 2.27. The molecule has 0 amide bonds. The smallest absolute Gasteiger partial charge is 0.348 e. The normalized spacial score (nSPS) is 18.3. The first kappa shape index (κ1) is 9.51.